The fraction of sp³-hybridized carbons (Fsp3) is 0.400. The molecule has 1 spiro atoms. The van der Waals surface area contributed by atoms with Crippen LogP contribution in [-0.4, -0.2) is 35.5 Å². The van der Waals surface area contributed by atoms with Crippen LogP contribution in [0, 0.1) is 11.3 Å². The van der Waals surface area contributed by atoms with Crippen LogP contribution in [0.5, 0.6) is 0 Å². The third-order valence-corrected chi connectivity index (χ3v) is 4.13. The van der Waals surface area contributed by atoms with E-state index >= 15 is 0 Å². The molecule has 3 amide bonds. The summed E-state index contributed by atoms with van der Waals surface area (Å²) in [5.74, 6) is -0.140. The van der Waals surface area contributed by atoms with Gasteiger partial charge in [-0.15, -0.1) is 12.4 Å². The molecule has 2 saturated heterocycles. The average molecular weight is 321 g/mol. The summed E-state index contributed by atoms with van der Waals surface area (Å²) < 4.78 is 0. The number of hydrogen-bond acceptors (Lipinski definition) is 4. The van der Waals surface area contributed by atoms with Gasteiger partial charge in [0.2, 0.25) is 0 Å². The molecule has 0 aliphatic carbocycles. The molecule has 0 bridgehead atoms. The Bertz CT molecular complexity index is 617. The summed E-state index contributed by atoms with van der Waals surface area (Å²) >= 11 is 0. The number of benzene rings is 1. The number of nitriles is 1. The molecule has 22 heavy (non-hydrogen) atoms. The van der Waals surface area contributed by atoms with Gasteiger partial charge in [-0.3, -0.25) is 9.69 Å². The number of amides is 3. The SMILES string of the molecule is Cl.N#Cc1ccc(CN2C(=O)NC3(CCNCC3)C2=O)cc1. The van der Waals surface area contributed by atoms with E-state index in [1.54, 1.807) is 24.3 Å². The molecule has 3 rings (SSSR count). The lowest BCUT2D eigenvalue weighted by Crippen LogP contribution is -2.53. The molecule has 1 aromatic rings. The van der Waals surface area contributed by atoms with Gasteiger partial charge in [0.1, 0.15) is 5.54 Å². The van der Waals surface area contributed by atoms with Gasteiger partial charge in [-0.2, -0.15) is 5.26 Å². The van der Waals surface area contributed by atoms with Gasteiger partial charge in [-0.25, -0.2) is 4.79 Å². The predicted octanol–water partition coefficient (Wildman–Crippen LogP) is 1.15. The van der Waals surface area contributed by atoms with Crippen molar-refractivity contribution in [2.75, 3.05) is 13.1 Å². The first-order valence-corrected chi connectivity index (χ1v) is 6.98. The normalized spacial score (nSPS) is 19.5. The molecule has 2 aliphatic rings. The Morgan fingerprint density at radius 1 is 1.18 bits per heavy atom. The van der Waals surface area contributed by atoms with E-state index in [1.807, 2.05) is 6.07 Å². The second kappa shape index (κ2) is 6.34. The highest BCUT2D eigenvalue weighted by Crippen LogP contribution is 2.28. The molecular formula is C15H17ClN4O2. The van der Waals surface area contributed by atoms with Crippen molar-refractivity contribution < 1.29 is 9.59 Å². The molecule has 2 heterocycles. The predicted molar refractivity (Wildman–Crippen MR) is 82.3 cm³/mol. The fourth-order valence-electron chi connectivity index (χ4n) is 2.88. The Balaban J connectivity index is 0.00000176. The number of imide groups is 1. The minimum absolute atomic E-state index is 0. The Morgan fingerprint density at radius 3 is 2.41 bits per heavy atom. The molecule has 0 radical (unpaired) electrons. The van der Waals surface area contributed by atoms with E-state index in [1.165, 1.54) is 4.90 Å². The number of hydrogen-bond donors (Lipinski definition) is 2. The van der Waals surface area contributed by atoms with Gasteiger partial charge >= 0.3 is 6.03 Å². The van der Waals surface area contributed by atoms with E-state index in [-0.39, 0.29) is 30.9 Å². The molecule has 1 aromatic carbocycles. The number of carbonyl (C=O) groups is 2. The van der Waals surface area contributed by atoms with Gasteiger partial charge in [0, 0.05) is 0 Å². The van der Waals surface area contributed by atoms with E-state index in [2.05, 4.69) is 10.6 Å². The fourth-order valence-corrected chi connectivity index (χ4v) is 2.88. The Hall–Kier alpha value is -2.10. The first-order valence-electron chi connectivity index (χ1n) is 6.98. The highest BCUT2D eigenvalue weighted by molar-refractivity contribution is 6.07. The summed E-state index contributed by atoms with van der Waals surface area (Å²) in [6.45, 7) is 1.71. The monoisotopic (exact) mass is 320 g/mol. The van der Waals surface area contributed by atoms with Crippen LogP contribution in [0.15, 0.2) is 24.3 Å². The Labute approximate surface area is 134 Å². The van der Waals surface area contributed by atoms with Crippen molar-refractivity contribution in [1.29, 1.82) is 5.26 Å². The van der Waals surface area contributed by atoms with E-state index in [0.29, 0.717) is 18.4 Å². The standard InChI is InChI=1S/C15H16N4O2.ClH/c16-9-11-1-3-12(4-2-11)10-19-13(20)15(18-14(19)21)5-7-17-8-6-15;/h1-4,17H,5-8,10H2,(H,18,21);1H. The van der Waals surface area contributed by atoms with Gasteiger partial charge in [0.15, 0.2) is 0 Å². The summed E-state index contributed by atoms with van der Waals surface area (Å²) in [6, 6.07) is 8.64. The molecule has 2 N–H and O–H groups in total. The second-order valence-corrected chi connectivity index (χ2v) is 5.46. The summed E-state index contributed by atoms with van der Waals surface area (Å²) in [4.78, 5) is 26.0. The number of piperidine rings is 1. The van der Waals surface area contributed by atoms with Crippen molar-refractivity contribution in [3.63, 3.8) is 0 Å². The van der Waals surface area contributed by atoms with Crippen molar-refractivity contribution in [2.45, 2.75) is 24.9 Å². The maximum atomic E-state index is 12.6. The maximum absolute atomic E-state index is 12.6. The highest BCUT2D eigenvalue weighted by Gasteiger charge is 2.51. The lowest BCUT2D eigenvalue weighted by atomic mass is 9.88. The van der Waals surface area contributed by atoms with Crippen molar-refractivity contribution in [3.8, 4) is 6.07 Å². The van der Waals surface area contributed by atoms with E-state index in [4.69, 9.17) is 5.26 Å². The summed E-state index contributed by atoms with van der Waals surface area (Å²) in [5, 5.41) is 14.8. The quantitative estimate of drug-likeness (QED) is 0.801. The molecule has 2 aliphatic heterocycles. The van der Waals surface area contributed by atoms with Crippen molar-refractivity contribution in [2.24, 2.45) is 0 Å². The van der Waals surface area contributed by atoms with E-state index in [0.717, 1.165) is 18.7 Å². The molecule has 0 aromatic heterocycles. The van der Waals surface area contributed by atoms with Crippen LogP contribution in [0.25, 0.3) is 0 Å². The van der Waals surface area contributed by atoms with Crippen molar-refractivity contribution >= 4 is 24.3 Å². The van der Waals surface area contributed by atoms with Crippen LogP contribution in [0.3, 0.4) is 0 Å². The van der Waals surface area contributed by atoms with Crippen LogP contribution >= 0.6 is 12.4 Å². The van der Waals surface area contributed by atoms with E-state index in [9.17, 15) is 9.59 Å². The first-order chi connectivity index (χ1) is 10.1. The van der Waals surface area contributed by atoms with E-state index < -0.39 is 5.54 Å². The molecule has 116 valence electrons. The summed E-state index contributed by atoms with van der Waals surface area (Å²) in [7, 11) is 0. The van der Waals surface area contributed by atoms with Crippen LogP contribution in [-0.2, 0) is 11.3 Å². The van der Waals surface area contributed by atoms with Crippen LogP contribution in [0.2, 0.25) is 0 Å². The number of carbonyl (C=O) groups excluding carboxylic acids is 2. The van der Waals surface area contributed by atoms with Gasteiger partial charge < -0.3 is 10.6 Å². The molecular weight excluding hydrogens is 304 g/mol. The lowest BCUT2D eigenvalue weighted by molar-refractivity contribution is -0.132. The molecule has 0 unspecified atom stereocenters. The Morgan fingerprint density at radius 2 is 1.82 bits per heavy atom. The molecule has 6 nitrogen and oxygen atoms in total. The topological polar surface area (TPSA) is 85.2 Å². The third kappa shape index (κ3) is 2.78. The second-order valence-electron chi connectivity index (χ2n) is 5.46. The number of nitrogens with zero attached hydrogens (tertiary/aromatic N) is 2. The third-order valence-electron chi connectivity index (χ3n) is 4.13. The summed E-state index contributed by atoms with van der Waals surface area (Å²) in [5.41, 5.74) is 0.670. The van der Waals surface area contributed by atoms with Gasteiger partial charge in [0.05, 0.1) is 18.2 Å². The van der Waals surface area contributed by atoms with Crippen LogP contribution in [0.4, 0.5) is 4.79 Å². The molecule has 2 fully saturated rings. The largest absolute Gasteiger partial charge is 0.325 e. The molecule has 7 heteroatoms. The number of rotatable bonds is 2. The molecule has 0 atom stereocenters. The number of halogens is 1. The number of nitrogens with one attached hydrogen (secondary N) is 2. The van der Waals surface area contributed by atoms with Crippen molar-refractivity contribution in [3.05, 3.63) is 35.4 Å². The van der Waals surface area contributed by atoms with Gasteiger partial charge in [-0.05, 0) is 43.6 Å². The Kier molecular flexibility index (Phi) is 4.69. The first kappa shape index (κ1) is 16.3. The summed E-state index contributed by atoms with van der Waals surface area (Å²) in [6.07, 6.45) is 1.25. The zero-order valence-corrected chi connectivity index (χ0v) is 12.8. The van der Waals surface area contributed by atoms with Gasteiger partial charge in [0.25, 0.3) is 5.91 Å². The molecule has 0 saturated carbocycles. The van der Waals surface area contributed by atoms with Crippen molar-refractivity contribution in [1.82, 2.24) is 15.5 Å². The maximum Gasteiger partial charge on any atom is 0.325 e. The zero-order valence-electron chi connectivity index (χ0n) is 12.0. The minimum Gasteiger partial charge on any atom is -0.323 e. The number of urea groups is 1. The smallest absolute Gasteiger partial charge is 0.323 e. The van der Waals surface area contributed by atoms with Crippen LogP contribution in [0.1, 0.15) is 24.0 Å². The lowest BCUT2D eigenvalue weighted by Gasteiger charge is -2.31. The highest BCUT2D eigenvalue weighted by atomic mass is 35.5. The zero-order chi connectivity index (χ0) is 14.9. The minimum atomic E-state index is -0.727. The average Bonchev–Trinajstić information content (AvgIpc) is 2.73. The van der Waals surface area contributed by atoms with Gasteiger partial charge in [-0.1, -0.05) is 12.1 Å². The van der Waals surface area contributed by atoms with Crippen LogP contribution < -0.4 is 10.6 Å².